The number of aromatic nitrogens is 1. The number of hydrogen-bond acceptors (Lipinski definition) is 3. The number of anilines is 1. The lowest BCUT2D eigenvalue weighted by Crippen LogP contribution is -2.55. The summed E-state index contributed by atoms with van der Waals surface area (Å²) in [5.74, 6) is 0. The molecular weight excluding hydrogens is 276 g/mol. The zero-order chi connectivity index (χ0) is 15.5. The summed E-state index contributed by atoms with van der Waals surface area (Å²) in [6, 6.07) is 8.27. The fourth-order valence-corrected chi connectivity index (χ4v) is 3.14. The van der Waals surface area contributed by atoms with Crippen molar-refractivity contribution in [1.29, 1.82) is 0 Å². The van der Waals surface area contributed by atoms with E-state index < -0.39 is 0 Å². The van der Waals surface area contributed by atoms with E-state index in [1.807, 2.05) is 24.3 Å². The Balaban J connectivity index is 1.73. The highest BCUT2D eigenvalue weighted by Gasteiger charge is 2.26. The largest absolute Gasteiger partial charge is 0.333 e. The zero-order valence-corrected chi connectivity index (χ0v) is 13.0. The van der Waals surface area contributed by atoms with Crippen molar-refractivity contribution in [3.05, 3.63) is 36.7 Å². The van der Waals surface area contributed by atoms with E-state index in [4.69, 9.17) is 0 Å². The van der Waals surface area contributed by atoms with Gasteiger partial charge in [0.25, 0.3) is 0 Å². The number of carbonyl (C=O) groups is 1. The maximum Gasteiger partial charge on any atom is 0.333 e. The van der Waals surface area contributed by atoms with Gasteiger partial charge in [-0.25, -0.2) is 9.80 Å². The first-order chi connectivity index (χ1) is 10.6. The van der Waals surface area contributed by atoms with Crippen molar-refractivity contribution in [1.82, 2.24) is 15.4 Å². The summed E-state index contributed by atoms with van der Waals surface area (Å²) in [7, 11) is 0. The van der Waals surface area contributed by atoms with E-state index in [1.165, 1.54) is 6.42 Å². The monoisotopic (exact) mass is 298 g/mol. The van der Waals surface area contributed by atoms with Crippen molar-refractivity contribution in [2.45, 2.75) is 45.2 Å². The first kappa shape index (κ1) is 14.8. The van der Waals surface area contributed by atoms with E-state index >= 15 is 0 Å². The van der Waals surface area contributed by atoms with Crippen LogP contribution in [-0.4, -0.2) is 28.1 Å². The fraction of sp³-hybridized carbons (Fsp3) is 0.412. The molecule has 1 aromatic carbocycles. The van der Waals surface area contributed by atoms with Gasteiger partial charge in [0, 0.05) is 35.2 Å². The Kier molecular flexibility index (Phi) is 4.24. The van der Waals surface area contributed by atoms with Crippen LogP contribution < -0.4 is 10.7 Å². The van der Waals surface area contributed by atoms with E-state index in [2.05, 4.69) is 34.6 Å². The molecule has 2 amide bonds. The number of rotatable bonds is 2. The van der Waals surface area contributed by atoms with E-state index in [0.717, 1.165) is 29.3 Å². The predicted molar refractivity (Wildman–Crippen MR) is 88.5 cm³/mol. The van der Waals surface area contributed by atoms with Crippen molar-refractivity contribution in [2.75, 3.05) is 5.32 Å². The van der Waals surface area contributed by atoms with E-state index in [0.29, 0.717) is 12.1 Å². The molecular formula is C17H22N4O. The molecule has 0 aliphatic carbocycles. The van der Waals surface area contributed by atoms with Crippen LogP contribution in [0.2, 0.25) is 0 Å². The fourth-order valence-electron chi connectivity index (χ4n) is 3.14. The van der Waals surface area contributed by atoms with Crippen LogP contribution in [0.3, 0.4) is 0 Å². The lowest BCUT2D eigenvalue weighted by Gasteiger charge is -2.38. The summed E-state index contributed by atoms with van der Waals surface area (Å²) >= 11 is 0. The normalized spacial score (nSPS) is 22.5. The molecule has 2 heterocycles. The maximum absolute atomic E-state index is 12.3. The van der Waals surface area contributed by atoms with Gasteiger partial charge < -0.3 is 5.32 Å². The number of nitrogens with one attached hydrogen (secondary N) is 2. The van der Waals surface area contributed by atoms with E-state index in [1.54, 1.807) is 12.4 Å². The predicted octanol–water partition coefficient (Wildman–Crippen LogP) is 3.53. The molecule has 116 valence electrons. The average molecular weight is 298 g/mol. The third-order valence-corrected chi connectivity index (χ3v) is 4.35. The highest BCUT2D eigenvalue weighted by atomic mass is 16.2. The van der Waals surface area contributed by atoms with E-state index in [-0.39, 0.29) is 6.03 Å². The molecule has 1 saturated heterocycles. The van der Waals surface area contributed by atoms with Crippen LogP contribution in [0, 0.1) is 0 Å². The number of amides is 2. The van der Waals surface area contributed by atoms with Gasteiger partial charge in [0.1, 0.15) is 0 Å². The summed E-state index contributed by atoms with van der Waals surface area (Å²) in [5.41, 5.74) is 3.80. The molecule has 0 unspecified atom stereocenters. The van der Waals surface area contributed by atoms with Gasteiger partial charge >= 0.3 is 6.03 Å². The molecule has 22 heavy (non-hydrogen) atoms. The molecule has 0 radical (unpaired) electrons. The average Bonchev–Trinajstić information content (AvgIpc) is 2.51. The molecule has 0 saturated carbocycles. The molecule has 2 atom stereocenters. The zero-order valence-electron chi connectivity index (χ0n) is 13.0. The standard InChI is InChI=1S/C17H22N4O/c1-12-5-3-6-13(2)21(12)20-17(22)19-16-8-4-7-14-11-18-10-9-15(14)16/h4,7-13H,3,5-6H2,1-2H3,(H2,19,20,22)/t12-,13-/m1/s1. The molecule has 1 aliphatic rings. The smallest absolute Gasteiger partial charge is 0.306 e. The lowest BCUT2D eigenvalue weighted by molar-refractivity contribution is 0.0625. The van der Waals surface area contributed by atoms with Gasteiger partial charge in [-0.3, -0.25) is 10.4 Å². The van der Waals surface area contributed by atoms with Gasteiger partial charge in [0.2, 0.25) is 0 Å². The van der Waals surface area contributed by atoms with Gasteiger partial charge in [-0.2, -0.15) is 0 Å². The topological polar surface area (TPSA) is 57.3 Å². The Morgan fingerprint density at radius 3 is 2.77 bits per heavy atom. The second-order valence-electron chi connectivity index (χ2n) is 6.00. The van der Waals surface area contributed by atoms with Crippen molar-refractivity contribution in [3.8, 4) is 0 Å². The second kappa shape index (κ2) is 6.32. The number of hydrazine groups is 1. The van der Waals surface area contributed by atoms with Gasteiger partial charge in [-0.1, -0.05) is 18.6 Å². The van der Waals surface area contributed by atoms with Crippen molar-refractivity contribution < 1.29 is 4.79 Å². The number of benzene rings is 1. The molecule has 1 aromatic heterocycles. The summed E-state index contributed by atoms with van der Waals surface area (Å²) in [6.07, 6.45) is 6.99. The van der Waals surface area contributed by atoms with Gasteiger partial charge in [-0.05, 0) is 38.8 Å². The van der Waals surface area contributed by atoms with Gasteiger partial charge in [0.05, 0.1) is 5.69 Å². The molecule has 2 N–H and O–H groups in total. The molecule has 1 aliphatic heterocycles. The number of piperidine rings is 1. The van der Waals surface area contributed by atoms with Crippen LogP contribution in [0.5, 0.6) is 0 Å². The first-order valence-corrected chi connectivity index (χ1v) is 7.84. The molecule has 3 rings (SSSR count). The lowest BCUT2D eigenvalue weighted by atomic mass is 10.00. The van der Waals surface area contributed by atoms with Gasteiger partial charge in [0.15, 0.2) is 0 Å². The van der Waals surface area contributed by atoms with Crippen molar-refractivity contribution >= 4 is 22.5 Å². The molecule has 5 nitrogen and oxygen atoms in total. The maximum atomic E-state index is 12.3. The summed E-state index contributed by atoms with van der Waals surface area (Å²) in [5, 5.41) is 7.02. The van der Waals surface area contributed by atoms with Gasteiger partial charge in [-0.15, -0.1) is 0 Å². The Labute approximate surface area is 130 Å². The highest BCUT2D eigenvalue weighted by Crippen LogP contribution is 2.23. The Morgan fingerprint density at radius 2 is 2.00 bits per heavy atom. The van der Waals surface area contributed by atoms with Crippen LogP contribution in [-0.2, 0) is 0 Å². The minimum absolute atomic E-state index is 0.190. The Hall–Kier alpha value is -2.14. The minimum atomic E-state index is -0.190. The number of carbonyl (C=O) groups excluding carboxylic acids is 1. The number of nitrogens with zero attached hydrogens (tertiary/aromatic N) is 2. The Bertz CT molecular complexity index is 657. The number of pyridine rings is 1. The van der Waals surface area contributed by atoms with Crippen LogP contribution in [0.4, 0.5) is 10.5 Å². The Morgan fingerprint density at radius 1 is 1.23 bits per heavy atom. The number of hydrogen-bond donors (Lipinski definition) is 2. The van der Waals surface area contributed by atoms with Crippen LogP contribution in [0.1, 0.15) is 33.1 Å². The second-order valence-corrected chi connectivity index (χ2v) is 6.00. The highest BCUT2D eigenvalue weighted by molar-refractivity contribution is 6.01. The third kappa shape index (κ3) is 3.04. The van der Waals surface area contributed by atoms with Crippen LogP contribution >= 0.6 is 0 Å². The first-order valence-electron chi connectivity index (χ1n) is 7.84. The van der Waals surface area contributed by atoms with Crippen molar-refractivity contribution in [3.63, 3.8) is 0 Å². The quantitative estimate of drug-likeness (QED) is 0.891. The van der Waals surface area contributed by atoms with Crippen LogP contribution in [0.15, 0.2) is 36.7 Å². The number of urea groups is 1. The molecule has 2 aromatic rings. The summed E-state index contributed by atoms with van der Waals surface area (Å²) in [4.78, 5) is 16.4. The number of fused-ring (bicyclic) bond motifs is 1. The SMILES string of the molecule is C[C@@H]1CCC[C@@H](C)N1NC(=O)Nc1cccc2cnccc12. The third-order valence-electron chi connectivity index (χ3n) is 4.35. The molecule has 0 spiro atoms. The molecule has 0 bridgehead atoms. The molecule has 1 fully saturated rings. The molecule has 5 heteroatoms. The van der Waals surface area contributed by atoms with E-state index in [9.17, 15) is 4.79 Å². The summed E-state index contributed by atoms with van der Waals surface area (Å²) in [6.45, 7) is 4.30. The van der Waals surface area contributed by atoms with Crippen LogP contribution in [0.25, 0.3) is 10.8 Å². The van der Waals surface area contributed by atoms with Crippen molar-refractivity contribution in [2.24, 2.45) is 0 Å². The minimum Gasteiger partial charge on any atom is -0.306 e. The summed E-state index contributed by atoms with van der Waals surface area (Å²) < 4.78 is 0.